The SMILES string of the molecule is Cc1ccc(-n2nc(C(C)(C)C)cc2NC(=O)Nc2ccc(CC3CC4CCC(C3)N4C(=O)OCC(C)C)cc2)cc1. The Morgan fingerprint density at radius 3 is 2.21 bits per heavy atom. The summed E-state index contributed by atoms with van der Waals surface area (Å²) in [5.41, 5.74) is 4.77. The third-order valence-electron chi connectivity index (χ3n) is 8.32. The first-order chi connectivity index (χ1) is 20.0. The number of carbonyl (C=O) groups is 2. The maximum absolute atomic E-state index is 13.0. The van der Waals surface area contributed by atoms with Crippen molar-refractivity contribution in [1.29, 1.82) is 0 Å². The Kier molecular flexibility index (Phi) is 8.62. The highest BCUT2D eigenvalue weighted by molar-refractivity contribution is 5.99. The molecule has 2 atom stereocenters. The fraction of sp³-hybridized carbons (Fsp3) is 0.500. The van der Waals surface area contributed by atoms with Crippen LogP contribution in [0.4, 0.5) is 21.1 Å². The van der Waals surface area contributed by atoms with Gasteiger partial charge in [0.2, 0.25) is 0 Å². The molecule has 0 aliphatic carbocycles. The fourth-order valence-electron chi connectivity index (χ4n) is 6.12. The number of nitrogens with zero attached hydrogens (tertiary/aromatic N) is 3. The summed E-state index contributed by atoms with van der Waals surface area (Å²) in [6.07, 6.45) is 4.99. The van der Waals surface area contributed by atoms with Crippen molar-refractivity contribution < 1.29 is 14.3 Å². The molecule has 3 aromatic rings. The number of hydrogen-bond acceptors (Lipinski definition) is 4. The molecule has 2 aliphatic heterocycles. The molecule has 2 saturated heterocycles. The van der Waals surface area contributed by atoms with Crippen molar-refractivity contribution in [2.45, 2.75) is 91.1 Å². The van der Waals surface area contributed by atoms with Gasteiger partial charge in [-0.1, -0.05) is 64.4 Å². The number of aromatic nitrogens is 2. The second kappa shape index (κ2) is 12.2. The number of nitrogens with one attached hydrogen (secondary N) is 2. The molecule has 42 heavy (non-hydrogen) atoms. The molecule has 2 unspecified atom stereocenters. The number of piperidine rings is 1. The summed E-state index contributed by atoms with van der Waals surface area (Å²) in [5, 5.41) is 10.8. The van der Waals surface area contributed by atoms with E-state index >= 15 is 0 Å². The van der Waals surface area contributed by atoms with Crippen molar-refractivity contribution in [3.05, 3.63) is 71.4 Å². The minimum Gasteiger partial charge on any atom is -0.449 e. The summed E-state index contributed by atoms with van der Waals surface area (Å²) >= 11 is 0. The number of ether oxygens (including phenoxy) is 1. The average molecular weight is 572 g/mol. The zero-order chi connectivity index (χ0) is 30.0. The van der Waals surface area contributed by atoms with E-state index in [1.807, 2.05) is 54.3 Å². The van der Waals surface area contributed by atoms with Crippen molar-refractivity contribution in [3.8, 4) is 5.69 Å². The van der Waals surface area contributed by atoms with Gasteiger partial charge in [0.15, 0.2) is 0 Å². The number of amides is 3. The zero-order valence-electron chi connectivity index (χ0n) is 25.8. The van der Waals surface area contributed by atoms with Crippen molar-refractivity contribution in [3.63, 3.8) is 0 Å². The van der Waals surface area contributed by atoms with Crippen molar-refractivity contribution in [2.24, 2.45) is 11.8 Å². The second-order valence-electron chi connectivity index (χ2n) is 13.5. The van der Waals surface area contributed by atoms with Gasteiger partial charge in [-0.25, -0.2) is 14.3 Å². The Morgan fingerprint density at radius 1 is 0.976 bits per heavy atom. The van der Waals surface area contributed by atoms with E-state index in [2.05, 4.69) is 57.4 Å². The molecule has 8 nitrogen and oxygen atoms in total. The van der Waals surface area contributed by atoms with Crippen LogP contribution in [0.15, 0.2) is 54.6 Å². The number of carbonyl (C=O) groups excluding carboxylic acids is 2. The van der Waals surface area contributed by atoms with E-state index in [0.717, 1.165) is 54.7 Å². The predicted molar refractivity (Wildman–Crippen MR) is 167 cm³/mol. The standard InChI is InChI=1S/C34H45N5O3/c1-22(2)21-42-33(41)38-28-15-16-29(38)19-25(18-28)17-24-9-11-26(12-10-24)35-32(40)36-31-20-30(34(4,5)6)37-39(31)27-13-7-23(3)8-14-27/h7-14,20,22,25,28-29H,15-19,21H2,1-6H3,(H2,35,36,40). The number of rotatable bonds is 7. The Hall–Kier alpha value is -3.81. The Labute approximate surface area is 249 Å². The Balaban J connectivity index is 1.18. The van der Waals surface area contributed by atoms with Gasteiger partial charge in [0.05, 0.1) is 18.0 Å². The molecule has 2 fully saturated rings. The van der Waals surface area contributed by atoms with E-state index in [9.17, 15) is 9.59 Å². The van der Waals surface area contributed by atoms with Gasteiger partial charge < -0.3 is 15.0 Å². The van der Waals surface area contributed by atoms with Crippen LogP contribution in [0, 0.1) is 18.8 Å². The lowest BCUT2D eigenvalue weighted by atomic mass is 9.86. The molecule has 1 aromatic heterocycles. The number of hydrogen-bond donors (Lipinski definition) is 2. The normalized spacial score (nSPS) is 20.1. The first-order valence-electron chi connectivity index (χ1n) is 15.3. The molecule has 8 heteroatoms. The summed E-state index contributed by atoms with van der Waals surface area (Å²) in [5.74, 6) is 1.50. The lowest BCUT2D eigenvalue weighted by Gasteiger charge is -2.38. The van der Waals surface area contributed by atoms with Gasteiger partial charge in [0.1, 0.15) is 5.82 Å². The van der Waals surface area contributed by atoms with Crippen LogP contribution in [-0.2, 0) is 16.6 Å². The molecule has 2 bridgehead atoms. The molecule has 0 saturated carbocycles. The predicted octanol–water partition coefficient (Wildman–Crippen LogP) is 7.70. The van der Waals surface area contributed by atoms with Crippen LogP contribution in [0.3, 0.4) is 0 Å². The first kappa shape index (κ1) is 29.7. The first-order valence-corrected chi connectivity index (χ1v) is 15.3. The fourth-order valence-corrected chi connectivity index (χ4v) is 6.12. The van der Waals surface area contributed by atoms with E-state index in [1.54, 1.807) is 4.68 Å². The second-order valence-corrected chi connectivity index (χ2v) is 13.5. The molecule has 0 spiro atoms. The molecule has 3 amide bonds. The van der Waals surface area contributed by atoms with E-state index in [0.29, 0.717) is 24.3 Å². The number of aryl methyl sites for hydroxylation is 1. The smallest absolute Gasteiger partial charge is 0.410 e. The molecule has 5 rings (SSSR count). The third-order valence-corrected chi connectivity index (χ3v) is 8.32. The van der Waals surface area contributed by atoms with Gasteiger partial charge in [-0.2, -0.15) is 5.10 Å². The van der Waals surface area contributed by atoms with Crippen LogP contribution >= 0.6 is 0 Å². The van der Waals surface area contributed by atoms with Crippen LogP contribution in [-0.4, -0.2) is 45.5 Å². The molecule has 3 heterocycles. The summed E-state index contributed by atoms with van der Waals surface area (Å²) in [6, 6.07) is 18.4. The van der Waals surface area contributed by atoms with Crippen molar-refractivity contribution in [1.82, 2.24) is 14.7 Å². The number of fused-ring (bicyclic) bond motifs is 2. The van der Waals surface area contributed by atoms with Crippen LogP contribution in [0.5, 0.6) is 0 Å². The van der Waals surface area contributed by atoms with Gasteiger partial charge in [-0.3, -0.25) is 5.32 Å². The van der Waals surface area contributed by atoms with E-state index in [-0.39, 0.29) is 29.6 Å². The monoisotopic (exact) mass is 571 g/mol. The molecular weight excluding hydrogens is 526 g/mol. The number of benzene rings is 2. The van der Waals surface area contributed by atoms with Crippen molar-refractivity contribution >= 4 is 23.6 Å². The minimum absolute atomic E-state index is 0.139. The lowest BCUT2D eigenvalue weighted by molar-refractivity contribution is 0.0511. The van der Waals surface area contributed by atoms with E-state index < -0.39 is 0 Å². The zero-order valence-corrected chi connectivity index (χ0v) is 25.8. The Bertz CT molecular complexity index is 1370. The summed E-state index contributed by atoms with van der Waals surface area (Å²) < 4.78 is 7.33. The van der Waals surface area contributed by atoms with Gasteiger partial charge in [0.25, 0.3) is 0 Å². The third kappa shape index (κ3) is 6.97. The molecule has 2 N–H and O–H groups in total. The maximum atomic E-state index is 13.0. The highest BCUT2D eigenvalue weighted by Gasteiger charge is 2.43. The number of anilines is 2. The van der Waals surface area contributed by atoms with Crippen molar-refractivity contribution in [2.75, 3.05) is 17.2 Å². The van der Waals surface area contributed by atoms with Gasteiger partial charge in [-0.05, 0) is 80.7 Å². The molecule has 2 aliphatic rings. The lowest BCUT2D eigenvalue weighted by Crippen LogP contribution is -2.47. The highest BCUT2D eigenvalue weighted by atomic mass is 16.6. The van der Waals surface area contributed by atoms with Crippen LogP contribution in [0.1, 0.15) is 77.1 Å². The molecular formula is C34H45N5O3. The summed E-state index contributed by atoms with van der Waals surface area (Å²) in [4.78, 5) is 27.7. The average Bonchev–Trinajstić information content (AvgIpc) is 3.47. The van der Waals surface area contributed by atoms with Gasteiger partial charge in [-0.15, -0.1) is 0 Å². The minimum atomic E-state index is -0.315. The largest absolute Gasteiger partial charge is 0.449 e. The maximum Gasteiger partial charge on any atom is 0.410 e. The van der Waals surface area contributed by atoms with Crippen LogP contribution in [0.25, 0.3) is 5.69 Å². The quantitative estimate of drug-likeness (QED) is 0.304. The van der Waals surface area contributed by atoms with Crippen LogP contribution < -0.4 is 10.6 Å². The molecule has 224 valence electrons. The van der Waals surface area contributed by atoms with Crippen LogP contribution in [0.2, 0.25) is 0 Å². The van der Waals surface area contributed by atoms with Gasteiger partial charge >= 0.3 is 12.1 Å². The topological polar surface area (TPSA) is 88.5 Å². The summed E-state index contributed by atoms with van der Waals surface area (Å²) in [7, 11) is 0. The van der Waals surface area contributed by atoms with E-state index in [4.69, 9.17) is 9.84 Å². The molecule has 0 radical (unpaired) electrons. The Morgan fingerprint density at radius 2 is 1.62 bits per heavy atom. The highest BCUT2D eigenvalue weighted by Crippen LogP contribution is 2.40. The number of urea groups is 1. The van der Waals surface area contributed by atoms with Gasteiger partial charge in [0, 0.05) is 29.3 Å². The van der Waals surface area contributed by atoms with E-state index in [1.165, 1.54) is 5.56 Å². The molecule has 2 aromatic carbocycles. The summed E-state index contributed by atoms with van der Waals surface area (Å²) in [6.45, 7) is 13.0.